The number of nitrogens with one attached hydrogen (secondary N) is 1. The van der Waals surface area contributed by atoms with Crippen molar-refractivity contribution in [3.05, 3.63) is 59.1 Å². The molecule has 20 heavy (non-hydrogen) atoms. The molecule has 1 amide bonds. The highest BCUT2D eigenvalue weighted by atomic mass is 35.5. The molecule has 0 fully saturated rings. The van der Waals surface area contributed by atoms with Crippen LogP contribution in [0.15, 0.2) is 42.7 Å². The number of halogens is 1. The van der Waals surface area contributed by atoms with Crippen molar-refractivity contribution >= 4 is 17.5 Å². The van der Waals surface area contributed by atoms with Crippen molar-refractivity contribution in [2.24, 2.45) is 0 Å². The predicted octanol–water partition coefficient (Wildman–Crippen LogP) is 1.46. The summed E-state index contributed by atoms with van der Waals surface area (Å²) in [6, 6.07) is 9.25. The van der Waals surface area contributed by atoms with Crippen molar-refractivity contribution < 1.29 is 9.90 Å². The topological polar surface area (TPSA) is 75.1 Å². The van der Waals surface area contributed by atoms with Gasteiger partial charge in [-0.2, -0.15) is 0 Å². The minimum Gasteiger partial charge on any atom is -0.394 e. The number of rotatable bonds is 5. The van der Waals surface area contributed by atoms with Gasteiger partial charge in [0.05, 0.1) is 25.0 Å². The third-order valence-corrected chi connectivity index (χ3v) is 2.93. The first-order valence-electron chi connectivity index (χ1n) is 6.12. The highest BCUT2D eigenvalue weighted by molar-refractivity contribution is 6.29. The first kappa shape index (κ1) is 14.4. The van der Waals surface area contributed by atoms with Crippen LogP contribution in [0.2, 0.25) is 5.15 Å². The highest BCUT2D eigenvalue weighted by Crippen LogP contribution is 2.05. The Morgan fingerprint density at radius 3 is 2.60 bits per heavy atom. The first-order valence-corrected chi connectivity index (χ1v) is 6.50. The van der Waals surface area contributed by atoms with Gasteiger partial charge < -0.3 is 10.4 Å². The van der Waals surface area contributed by atoms with E-state index in [0.717, 1.165) is 5.56 Å². The molecule has 0 saturated heterocycles. The van der Waals surface area contributed by atoms with Crippen molar-refractivity contribution in [1.29, 1.82) is 0 Å². The van der Waals surface area contributed by atoms with Gasteiger partial charge in [0.1, 0.15) is 10.8 Å². The minimum absolute atomic E-state index is 0.151. The summed E-state index contributed by atoms with van der Waals surface area (Å²) in [5.41, 5.74) is 1.20. The summed E-state index contributed by atoms with van der Waals surface area (Å²) in [6.45, 7) is -0.151. The second-order valence-electron chi connectivity index (χ2n) is 4.27. The molecule has 0 bridgehead atoms. The zero-order chi connectivity index (χ0) is 14.4. The van der Waals surface area contributed by atoms with Gasteiger partial charge in [-0.1, -0.05) is 41.9 Å². The average molecular weight is 292 g/mol. The third kappa shape index (κ3) is 4.01. The number of aliphatic hydroxyl groups excluding tert-OH is 1. The lowest BCUT2D eigenvalue weighted by Gasteiger charge is -2.16. The predicted molar refractivity (Wildman–Crippen MR) is 75.5 cm³/mol. The van der Waals surface area contributed by atoms with Crippen LogP contribution in [0.3, 0.4) is 0 Å². The van der Waals surface area contributed by atoms with Crippen LogP contribution in [0, 0.1) is 0 Å². The molecule has 0 aliphatic carbocycles. The zero-order valence-electron chi connectivity index (χ0n) is 10.7. The Balaban J connectivity index is 1.99. The molecule has 2 aromatic rings. The van der Waals surface area contributed by atoms with Gasteiger partial charge in [0, 0.05) is 0 Å². The van der Waals surface area contributed by atoms with Crippen LogP contribution in [0.4, 0.5) is 0 Å². The monoisotopic (exact) mass is 291 g/mol. The van der Waals surface area contributed by atoms with Crippen LogP contribution in [-0.4, -0.2) is 33.6 Å². The van der Waals surface area contributed by atoms with E-state index in [-0.39, 0.29) is 29.4 Å². The smallest absolute Gasteiger partial charge is 0.271 e. The average Bonchev–Trinajstić information content (AvgIpc) is 2.48. The zero-order valence-corrected chi connectivity index (χ0v) is 11.4. The van der Waals surface area contributed by atoms with Crippen LogP contribution < -0.4 is 5.32 Å². The van der Waals surface area contributed by atoms with E-state index in [0.29, 0.717) is 6.42 Å². The van der Waals surface area contributed by atoms with E-state index in [4.69, 9.17) is 11.6 Å². The van der Waals surface area contributed by atoms with E-state index in [9.17, 15) is 9.90 Å². The molecule has 0 spiro atoms. The molecule has 1 atom stereocenters. The molecular formula is C14H14ClN3O2. The highest BCUT2D eigenvalue weighted by Gasteiger charge is 2.14. The molecule has 2 rings (SSSR count). The maximum Gasteiger partial charge on any atom is 0.271 e. The molecule has 1 aromatic heterocycles. The number of aliphatic hydroxyl groups is 1. The number of amides is 1. The van der Waals surface area contributed by atoms with E-state index >= 15 is 0 Å². The van der Waals surface area contributed by atoms with E-state index in [1.807, 2.05) is 30.3 Å². The third-order valence-electron chi connectivity index (χ3n) is 2.73. The van der Waals surface area contributed by atoms with Crippen LogP contribution >= 0.6 is 11.6 Å². The summed E-state index contributed by atoms with van der Waals surface area (Å²) in [7, 11) is 0. The van der Waals surface area contributed by atoms with Crippen LogP contribution in [0.1, 0.15) is 16.1 Å². The van der Waals surface area contributed by atoms with Gasteiger partial charge >= 0.3 is 0 Å². The second kappa shape index (κ2) is 6.98. The Labute approximate surface area is 121 Å². The number of carbonyl (C=O) groups is 1. The molecule has 5 nitrogen and oxygen atoms in total. The Morgan fingerprint density at radius 1 is 1.25 bits per heavy atom. The molecule has 0 saturated carbocycles. The fraction of sp³-hybridized carbons (Fsp3) is 0.214. The summed E-state index contributed by atoms with van der Waals surface area (Å²) < 4.78 is 0. The van der Waals surface area contributed by atoms with Gasteiger partial charge in [0.2, 0.25) is 0 Å². The lowest BCUT2D eigenvalue weighted by atomic mass is 10.1. The first-order chi connectivity index (χ1) is 9.69. The number of benzene rings is 1. The molecule has 0 aliphatic heterocycles. The Hall–Kier alpha value is -1.98. The van der Waals surface area contributed by atoms with Gasteiger partial charge in [-0.25, -0.2) is 9.97 Å². The Kier molecular flexibility index (Phi) is 5.03. The number of carbonyl (C=O) groups excluding carboxylic acids is 1. The molecule has 2 N–H and O–H groups in total. The Morgan fingerprint density at radius 2 is 2.00 bits per heavy atom. The maximum atomic E-state index is 11.9. The lowest BCUT2D eigenvalue weighted by molar-refractivity contribution is 0.0911. The summed E-state index contributed by atoms with van der Waals surface area (Å²) >= 11 is 5.61. The minimum atomic E-state index is -0.385. The van der Waals surface area contributed by atoms with Crippen LogP contribution in [0.25, 0.3) is 0 Å². The quantitative estimate of drug-likeness (QED) is 0.874. The molecule has 0 unspecified atom stereocenters. The fourth-order valence-corrected chi connectivity index (χ4v) is 1.85. The summed E-state index contributed by atoms with van der Waals surface area (Å²) in [6.07, 6.45) is 3.15. The lowest BCUT2D eigenvalue weighted by Crippen LogP contribution is -2.39. The van der Waals surface area contributed by atoms with Crippen molar-refractivity contribution in [1.82, 2.24) is 15.3 Å². The van der Waals surface area contributed by atoms with Gasteiger partial charge in [-0.15, -0.1) is 0 Å². The molecule has 1 heterocycles. The fourth-order valence-electron chi connectivity index (χ4n) is 1.75. The van der Waals surface area contributed by atoms with Crippen molar-refractivity contribution in [3.63, 3.8) is 0 Å². The Bertz CT molecular complexity index is 560. The number of hydrogen-bond donors (Lipinski definition) is 2. The van der Waals surface area contributed by atoms with Crippen molar-refractivity contribution in [2.45, 2.75) is 12.5 Å². The van der Waals surface area contributed by atoms with Gasteiger partial charge in [0.25, 0.3) is 5.91 Å². The number of aromatic nitrogens is 2. The SMILES string of the molecule is O=C(N[C@H](CO)Cc1ccccc1)c1cnc(Cl)cn1. The number of nitrogens with zero attached hydrogens (tertiary/aromatic N) is 2. The summed E-state index contributed by atoms with van der Waals surface area (Å²) in [5.74, 6) is -0.385. The number of hydrogen-bond acceptors (Lipinski definition) is 4. The molecular weight excluding hydrogens is 278 g/mol. The maximum absolute atomic E-state index is 11.9. The van der Waals surface area contributed by atoms with Crippen molar-refractivity contribution in [2.75, 3.05) is 6.61 Å². The van der Waals surface area contributed by atoms with Gasteiger partial charge in [-0.05, 0) is 12.0 Å². The molecule has 0 aliphatic rings. The van der Waals surface area contributed by atoms with Gasteiger partial charge in [0.15, 0.2) is 0 Å². The standard InChI is InChI=1S/C14H14ClN3O2/c15-13-8-16-12(7-17-13)14(20)18-11(9-19)6-10-4-2-1-3-5-10/h1-5,7-8,11,19H,6,9H2,(H,18,20)/t11-/m0/s1. The van der Waals surface area contributed by atoms with Crippen molar-refractivity contribution in [3.8, 4) is 0 Å². The van der Waals surface area contributed by atoms with E-state index in [2.05, 4.69) is 15.3 Å². The van der Waals surface area contributed by atoms with E-state index in [1.54, 1.807) is 0 Å². The van der Waals surface area contributed by atoms with E-state index < -0.39 is 0 Å². The van der Waals surface area contributed by atoms with Crippen LogP contribution in [0.5, 0.6) is 0 Å². The molecule has 0 radical (unpaired) electrons. The molecule has 104 valence electrons. The van der Waals surface area contributed by atoms with E-state index in [1.165, 1.54) is 12.4 Å². The molecule has 6 heteroatoms. The normalized spacial score (nSPS) is 11.9. The van der Waals surface area contributed by atoms with Crippen LogP contribution in [-0.2, 0) is 6.42 Å². The second-order valence-corrected chi connectivity index (χ2v) is 4.65. The summed E-state index contributed by atoms with van der Waals surface area (Å²) in [4.78, 5) is 19.6. The summed E-state index contributed by atoms with van der Waals surface area (Å²) in [5, 5.41) is 12.3. The largest absolute Gasteiger partial charge is 0.394 e. The molecule has 1 aromatic carbocycles. The van der Waals surface area contributed by atoms with Gasteiger partial charge in [-0.3, -0.25) is 4.79 Å².